The van der Waals surface area contributed by atoms with Crippen molar-refractivity contribution in [2.24, 2.45) is 0 Å². The van der Waals surface area contributed by atoms with Gasteiger partial charge in [-0.1, -0.05) is 48.5 Å². The summed E-state index contributed by atoms with van der Waals surface area (Å²) in [5.41, 5.74) is 8.06. The summed E-state index contributed by atoms with van der Waals surface area (Å²) in [5, 5.41) is 26.9. The molecule has 0 heterocycles. The Morgan fingerprint density at radius 2 is 1.03 bits per heavy atom. The van der Waals surface area contributed by atoms with E-state index >= 15 is 0 Å². The molecule has 0 radical (unpaired) electrons. The number of carbonyl (C=O) groups excluding carboxylic acids is 3. The number of rotatable bonds is 3. The number of fused-ring (bicyclic) bond motifs is 3. The minimum Gasteiger partial charge on any atom is -0.392 e. The molecule has 36 heavy (non-hydrogen) atoms. The Labute approximate surface area is 210 Å². The molecule has 0 fully saturated rings. The molecule has 3 aromatic rings. The van der Waals surface area contributed by atoms with Crippen molar-refractivity contribution in [2.45, 2.75) is 58.3 Å². The third kappa shape index (κ3) is 5.51. The van der Waals surface area contributed by atoms with Crippen LogP contribution in [-0.2, 0) is 39.1 Å². The molecule has 0 unspecified atom stereocenters. The lowest BCUT2D eigenvalue weighted by Gasteiger charge is -2.07. The lowest BCUT2D eigenvalue weighted by molar-refractivity contribution is 0.0986. The molecule has 6 heteroatoms. The summed E-state index contributed by atoms with van der Waals surface area (Å²) in [6.07, 6.45) is 4.42. The Bertz CT molecular complexity index is 1310. The van der Waals surface area contributed by atoms with Gasteiger partial charge in [-0.05, 0) is 58.7 Å². The first-order valence-electron chi connectivity index (χ1n) is 12.2. The molecule has 0 atom stereocenters. The minimum absolute atomic E-state index is 0.0570. The number of aryl methyl sites for hydroxylation is 3. The summed E-state index contributed by atoms with van der Waals surface area (Å²) in [6, 6.07) is 16.9. The van der Waals surface area contributed by atoms with Gasteiger partial charge in [0, 0.05) is 36.0 Å². The van der Waals surface area contributed by atoms with Crippen LogP contribution in [0.2, 0.25) is 0 Å². The molecular formula is C30H30O6. The van der Waals surface area contributed by atoms with Crippen molar-refractivity contribution in [1.82, 2.24) is 0 Å². The van der Waals surface area contributed by atoms with Gasteiger partial charge in [-0.25, -0.2) is 0 Å². The highest BCUT2D eigenvalue weighted by atomic mass is 16.3. The summed E-state index contributed by atoms with van der Waals surface area (Å²) < 4.78 is 0. The lowest BCUT2D eigenvalue weighted by Crippen LogP contribution is -1.99. The van der Waals surface area contributed by atoms with Crippen LogP contribution in [0, 0.1) is 0 Å². The molecule has 0 spiro atoms. The van der Waals surface area contributed by atoms with Gasteiger partial charge in [-0.3, -0.25) is 14.4 Å². The van der Waals surface area contributed by atoms with Crippen LogP contribution in [-0.4, -0.2) is 32.7 Å². The molecule has 0 amide bonds. The first-order valence-corrected chi connectivity index (χ1v) is 12.2. The van der Waals surface area contributed by atoms with Crippen LogP contribution in [0.4, 0.5) is 0 Å². The standard InChI is InChI=1S/C11H12O3.C10H10O2.C9H8O/c12-5-8-3-7-1-2-11(14)10(7)4-9(8)6-13;11-6-7-1-3-9-8(5-7)2-4-10(9)12;10-9-6-5-7-3-1-2-4-8(7)9/h3-4,12-13H,1-2,5-6H2;1,3,5,11H,2,4,6H2;1-4H,5-6H2. The zero-order chi connectivity index (χ0) is 25.7. The molecule has 0 saturated heterocycles. The molecule has 0 bridgehead atoms. The number of aliphatic hydroxyl groups excluding tert-OH is 3. The van der Waals surface area contributed by atoms with Crippen LogP contribution >= 0.6 is 0 Å². The zero-order valence-electron chi connectivity index (χ0n) is 20.1. The van der Waals surface area contributed by atoms with Gasteiger partial charge in [0.15, 0.2) is 17.3 Å². The Morgan fingerprint density at radius 3 is 1.64 bits per heavy atom. The molecule has 3 aliphatic carbocycles. The molecule has 6 nitrogen and oxygen atoms in total. The average molecular weight is 487 g/mol. The van der Waals surface area contributed by atoms with Gasteiger partial charge < -0.3 is 15.3 Å². The van der Waals surface area contributed by atoms with Gasteiger partial charge in [0.1, 0.15) is 0 Å². The average Bonchev–Trinajstić information content (AvgIpc) is 3.60. The van der Waals surface area contributed by atoms with Crippen LogP contribution in [0.1, 0.15) is 83.7 Å². The normalized spacial score (nSPS) is 14.9. The highest BCUT2D eigenvalue weighted by Gasteiger charge is 2.21. The van der Waals surface area contributed by atoms with E-state index in [-0.39, 0.29) is 31.4 Å². The van der Waals surface area contributed by atoms with E-state index in [4.69, 9.17) is 15.3 Å². The van der Waals surface area contributed by atoms with Crippen molar-refractivity contribution in [2.75, 3.05) is 0 Å². The first kappa shape index (κ1) is 25.6. The molecular weight excluding hydrogens is 456 g/mol. The van der Waals surface area contributed by atoms with E-state index < -0.39 is 0 Å². The first-order chi connectivity index (χ1) is 17.4. The van der Waals surface area contributed by atoms with Crippen LogP contribution in [0.25, 0.3) is 0 Å². The summed E-state index contributed by atoms with van der Waals surface area (Å²) >= 11 is 0. The topological polar surface area (TPSA) is 112 Å². The van der Waals surface area contributed by atoms with Gasteiger partial charge in [0.25, 0.3) is 0 Å². The van der Waals surface area contributed by atoms with Crippen molar-refractivity contribution in [3.63, 3.8) is 0 Å². The van der Waals surface area contributed by atoms with E-state index in [1.165, 1.54) is 5.56 Å². The number of Topliss-reactive ketones (excluding diaryl/α,β-unsaturated/α-hetero) is 3. The number of benzene rings is 3. The second-order valence-electron chi connectivity index (χ2n) is 9.17. The van der Waals surface area contributed by atoms with E-state index in [9.17, 15) is 14.4 Å². The molecule has 0 aromatic heterocycles. The Kier molecular flexibility index (Phi) is 8.21. The Balaban J connectivity index is 0.000000128. The van der Waals surface area contributed by atoms with E-state index in [0.717, 1.165) is 52.6 Å². The summed E-state index contributed by atoms with van der Waals surface area (Å²) in [4.78, 5) is 33.7. The van der Waals surface area contributed by atoms with Gasteiger partial charge in [-0.2, -0.15) is 0 Å². The molecule has 3 N–H and O–H groups in total. The number of hydrogen-bond donors (Lipinski definition) is 3. The Hall–Kier alpha value is -3.45. The fourth-order valence-corrected chi connectivity index (χ4v) is 4.88. The molecule has 6 rings (SSSR count). The molecule has 3 aliphatic rings. The molecule has 3 aromatic carbocycles. The lowest BCUT2D eigenvalue weighted by atomic mass is 10.0. The number of hydrogen-bond acceptors (Lipinski definition) is 6. The van der Waals surface area contributed by atoms with E-state index in [1.807, 2.05) is 48.5 Å². The van der Waals surface area contributed by atoms with Crippen molar-refractivity contribution in [3.05, 3.63) is 105 Å². The fraction of sp³-hybridized carbons (Fsp3) is 0.300. The van der Waals surface area contributed by atoms with Crippen molar-refractivity contribution >= 4 is 17.3 Å². The van der Waals surface area contributed by atoms with E-state index in [1.54, 1.807) is 6.07 Å². The number of carbonyl (C=O) groups is 3. The maximum atomic E-state index is 11.4. The van der Waals surface area contributed by atoms with Crippen LogP contribution in [0.3, 0.4) is 0 Å². The smallest absolute Gasteiger partial charge is 0.163 e. The SMILES string of the molecule is O=C1CCc2cc(CO)c(CO)cc21.O=C1CCc2cc(CO)ccc21.O=C1CCc2ccccc21. The highest BCUT2D eigenvalue weighted by molar-refractivity contribution is 6.01. The maximum absolute atomic E-state index is 11.4. The van der Waals surface area contributed by atoms with Crippen molar-refractivity contribution in [1.29, 1.82) is 0 Å². The highest BCUT2D eigenvalue weighted by Crippen LogP contribution is 2.26. The van der Waals surface area contributed by atoms with Crippen LogP contribution < -0.4 is 0 Å². The number of aliphatic hydroxyl groups is 3. The van der Waals surface area contributed by atoms with Crippen molar-refractivity contribution in [3.8, 4) is 0 Å². The largest absolute Gasteiger partial charge is 0.392 e. The third-order valence-corrected chi connectivity index (χ3v) is 6.90. The summed E-state index contributed by atoms with van der Waals surface area (Å²) in [7, 11) is 0. The third-order valence-electron chi connectivity index (χ3n) is 6.90. The van der Waals surface area contributed by atoms with Crippen molar-refractivity contribution < 1.29 is 29.7 Å². The molecule has 186 valence electrons. The van der Waals surface area contributed by atoms with E-state index in [2.05, 4.69) is 0 Å². The fourth-order valence-electron chi connectivity index (χ4n) is 4.88. The second kappa shape index (κ2) is 11.5. The predicted octanol–water partition coefficient (Wildman–Crippen LogP) is 3.92. The second-order valence-corrected chi connectivity index (χ2v) is 9.17. The summed E-state index contributed by atoms with van der Waals surface area (Å²) in [6.45, 7) is -0.157. The van der Waals surface area contributed by atoms with Crippen LogP contribution in [0.5, 0.6) is 0 Å². The van der Waals surface area contributed by atoms with Gasteiger partial charge in [-0.15, -0.1) is 0 Å². The zero-order valence-corrected chi connectivity index (χ0v) is 20.1. The van der Waals surface area contributed by atoms with Gasteiger partial charge >= 0.3 is 0 Å². The predicted molar refractivity (Wildman–Crippen MR) is 135 cm³/mol. The maximum Gasteiger partial charge on any atom is 0.163 e. The molecule has 0 aliphatic heterocycles. The monoisotopic (exact) mass is 486 g/mol. The quantitative estimate of drug-likeness (QED) is 0.517. The van der Waals surface area contributed by atoms with Crippen LogP contribution in [0.15, 0.2) is 54.6 Å². The molecule has 0 saturated carbocycles. The Morgan fingerprint density at radius 1 is 0.500 bits per heavy atom. The van der Waals surface area contributed by atoms with Gasteiger partial charge in [0.05, 0.1) is 19.8 Å². The number of ketones is 3. The minimum atomic E-state index is -0.129. The summed E-state index contributed by atoms with van der Waals surface area (Å²) in [5.74, 6) is 0.671. The van der Waals surface area contributed by atoms with Gasteiger partial charge in [0.2, 0.25) is 0 Å². The van der Waals surface area contributed by atoms with E-state index in [0.29, 0.717) is 36.2 Å².